The van der Waals surface area contributed by atoms with Gasteiger partial charge in [-0.25, -0.2) is 0 Å². The van der Waals surface area contributed by atoms with Gasteiger partial charge >= 0.3 is 0 Å². The van der Waals surface area contributed by atoms with E-state index >= 15 is 0 Å². The van der Waals surface area contributed by atoms with Crippen molar-refractivity contribution < 1.29 is 0 Å². The molecule has 0 nitrogen and oxygen atoms in total. The summed E-state index contributed by atoms with van der Waals surface area (Å²) >= 11 is 0. The smallest absolute Gasteiger partial charge is 0.0467 e. The second-order valence-corrected chi connectivity index (χ2v) is 1.76. The zero-order valence-electron chi connectivity index (χ0n) is 6.85. The predicted octanol–water partition coefficient (Wildman–Crippen LogP) is 3.55. The van der Waals surface area contributed by atoms with Crippen molar-refractivity contribution >= 4 is 0 Å². The standard InChI is InChI=1S/C5H8.C4H10/c1-3-5-4-2;1-3-4-2/h3-5H,1H2,2H3;3-4H2,1-2H3/b5-4-;. The first kappa shape index (κ1) is 11.3. The van der Waals surface area contributed by atoms with Crippen LogP contribution < -0.4 is 0 Å². The van der Waals surface area contributed by atoms with Crippen molar-refractivity contribution in [2.75, 3.05) is 0 Å². The Morgan fingerprint density at radius 2 is 1.67 bits per heavy atom. The van der Waals surface area contributed by atoms with Crippen LogP contribution in [0.4, 0.5) is 0 Å². The summed E-state index contributed by atoms with van der Waals surface area (Å²) < 4.78 is 0. The highest BCUT2D eigenvalue weighted by Gasteiger charge is 1.56. The number of unbranched alkanes of at least 4 members (excludes halogenated alkanes) is 1. The normalized spacial score (nSPS) is 8.33. The topological polar surface area (TPSA) is 0 Å². The quantitative estimate of drug-likeness (QED) is 0.496. The minimum atomic E-state index is 1.32. The molecule has 0 atom stereocenters. The average molecular weight is 126 g/mol. The summed E-state index contributed by atoms with van der Waals surface area (Å²) in [6.45, 7) is 9.78. The maximum absolute atomic E-state index is 3.46. The van der Waals surface area contributed by atoms with Crippen LogP contribution in [0.3, 0.4) is 0 Å². The molecule has 0 heterocycles. The van der Waals surface area contributed by atoms with E-state index in [1.165, 1.54) is 12.8 Å². The summed E-state index contributed by atoms with van der Waals surface area (Å²) in [5.74, 6) is 0. The van der Waals surface area contributed by atoms with Crippen molar-refractivity contribution in [2.45, 2.75) is 33.6 Å². The minimum Gasteiger partial charge on any atom is -0.0991 e. The molecule has 0 rings (SSSR count). The molecule has 0 aliphatic rings. The highest BCUT2D eigenvalue weighted by atomic mass is 13.6. The molecule has 0 radical (unpaired) electrons. The SMILES string of the molecule is C=C/C=C\C.CCCC. The average Bonchev–Trinajstić information content (AvgIpc) is 1.91. The summed E-state index contributed by atoms with van der Waals surface area (Å²) in [4.78, 5) is 0. The van der Waals surface area contributed by atoms with Gasteiger partial charge in [0.15, 0.2) is 0 Å². The third-order valence-electron chi connectivity index (χ3n) is 0.829. The van der Waals surface area contributed by atoms with Crippen LogP contribution in [-0.4, -0.2) is 0 Å². The van der Waals surface area contributed by atoms with Crippen LogP contribution in [0.1, 0.15) is 33.6 Å². The van der Waals surface area contributed by atoms with Crippen molar-refractivity contribution in [3.05, 3.63) is 24.8 Å². The van der Waals surface area contributed by atoms with E-state index in [0.29, 0.717) is 0 Å². The van der Waals surface area contributed by atoms with Gasteiger partial charge in [-0.05, 0) is 6.92 Å². The molecule has 0 N–H and O–H groups in total. The van der Waals surface area contributed by atoms with Crippen molar-refractivity contribution in [1.29, 1.82) is 0 Å². The lowest BCUT2D eigenvalue weighted by Crippen LogP contribution is -1.47. The molecule has 0 aromatic heterocycles. The van der Waals surface area contributed by atoms with Crippen molar-refractivity contribution in [3.8, 4) is 0 Å². The third kappa shape index (κ3) is 36.5. The molecule has 54 valence electrons. The van der Waals surface area contributed by atoms with Gasteiger partial charge in [-0.1, -0.05) is 51.5 Å². The van der Waals surface area contributed by atoms with Gasteiger partial charge in [0.2, 0.25) is 0 Å². The van der Waals surface area contributed by atoms with Crippen LogP contribution in [-0.2, 0) is 0 Å². The van der Waals surface area contributed by atoms with Crippen LogP contribution in [0.5, 0.6) is 0 Å². The van der Waals surface area contributed by atoms with E-state index in [0.717, 1.165) is 0 Å². The maximum atomic E-state index is 3.46. The van der Waals surface area contributed by atoms with Crippen LogP contribution in [0.2, 0.25) is 0 Å². The Bertz CT molecular complexity index is 58.4. The molecule has 0 unspecified atom stereocenters. The molecule has 0 heteroatoms. The zero-order chi connectivity index (χ0) is 7.54. The van der Waals surface area contributed by atoms with Gasteiger partial charge in [-0.15, -0.1) is 0 Å². The van der Waals surface area contributed by atoms with Crippen molar-refractivity contribution in [2.24, 2.45) is 0 Å². The van der Waals surface area contributed by atoms with Crippen LogP contribution in [0.15, 0.2) is 24.8 Å². The summed E-state index contributed by atoms with van der Waals surface area (Å²) in [6.07, 6.45) is 8.22. The Kier molecular flexibility index (Phi) is 19.6. The molecule has 0 aliphatic heterocycles. The third-order valence-corrected chi connectivity index (χ3v) is 0.829. The Morgan fingerprint density at radius 3 is 1.67 bits per heavy atom. The molecule has 0 saturated heterocycles. The van der Waals surface area contributed by atoms with E-state index in [-0.39, 0.29) is 0 Å². The molecule has 0 amide bonds. The number of rotatable bonds is 2. The molecule has 0 aromatic rings. The second kappa shape index (κ2) is 15.6. The van der Waals surface area contributed by atoms with Gasteiger partial charge in [0.1, 0.15) is 0 Å². The van der Waals surface area contributed by atoms with Crippen molar-refractivity contribution in [1.82, 2.24) is 0 Å². The van der Waals surface area contributed by atoms with E-state index < -0.39 is 0 Å². The fourth-order valence-corrected chi connectivity index (χ4v) is 0.136. The molecule has 0 aliphatic carbocycles. The Balaban J connectivity index is 0. The highest BCUT2D eigenvalue weighted by molar-refractivity contribution is 4.94. The zero-order valence-corrected chi connectivity index (χ0v) is 6.85. The largest absolute Gasteiger partial charge is 0.0991 e. The first-order chi connectivity index (χ1) is 4.33. The summed E-state index contributed by atoms with van der Waals surface area (Å²) in [7, 11) is 0. The van der Waals surface area contributed by atoms with E-state index in [1.807, 2.05) is 19.1 Å². The van der Waals surface area contributed by atoms with Gasteiger partial charge in [-0.3, -0.25) is 0 Å². The molecular formula is C9H18. The van der Waals surface area contributed by atoms with E-state index in [9.17, 15) is 0 Å². The molecule has 0 bridgehead atoms. The van der Waals surface area contributed by atoms with Gasteiger partial charge in [0.25, 0.3) is 0 Å². The first-order valence-corrected chi connectivity index (χ1v) is 3.57. The molecular weight excluding hydrogens is 108 g/mol. The van der Waals surface area contributed by atoms with Crippen LogP contribution >= 0.6 is 0 Å². The summed E-state index contributed by atoms with van der Waals surface area (Å²) in [6, 6.07) is 0. The molecule has 0 spiro atoms. The lowest BCUT2D eigenvalue weighted by Gasteiger charge is -1.68. The molecule has 9 heavy (non-hydrogen) atoms. The van der Waals surface area contributed by atoms with Gasteiger partial charge in [0, 0.05) is 0 Å². The number of hydrogen-bond acceptors (Lipinski definition) is 0. The predicted molar refractivity (Wildman–Crippen MR) is 45.6 cm³/mol. The highest BCUT2D eigenvalue weighted by Crippen LogP contribution is 1.76. The fraction of sp³-hybridized carbons (Fsp3) is 0.556. The van der Waals surface area contributed by atoms with Gasteiger partial charge in [-0.2, -0.15) is 0 Å². The van der Waals surface area contributed by atoms with Gasteiger partial charge in [0.05, 0.1) is 0 Å². The first-order valence-electron chi connectivity index (χ1n) is 3.57. The summed E-state index contributed by atoms with van der Waals surface area (Å²) in [5.41, 5.74) is 0. The van der Waals surface area contributed by atoms with E-state index in [2.05, 4.69) is 20.4 Å². The lowest BCUT2D eigenvalue weighted by molar-refractivity contribution is 0.886. The minimum absolute atomic E-state index is 1.32. The van der Waals surface area contributed by atoms with E-state index in [4.69, 9.17) is 0 Å². The molecule has 0 fully saturated rings. The van der Waals surface area contributed by atoms with Crippen LogP contribution in [0.25, 0.3) is 0 Å². The molecule has 0 saturated carbocycles. The van der Waals surface area contributed by atoms with E-state index in [1.54, 1.807) is 6.08 Å². The Hall–Kier alpha value is -0.520. The second-order valence-electron chi connectivity index (χ2n) is 1.76. The Morgan fingerprint density at radius 1 is 1.22 bits per heavy atom. The van der Waals surface area contributed by atoms with Crippen molar-refractivity contribution in [3.63, 3.8) is 0 Å². The van der Waals surface area contributed by atoms with Gasteiger partial charge < -0.3 is 0 Å². The fourth-order valence-electron chi connectivity index (χ4n) is 0.136. The molecule has 0 aromatic carbocycles. The maximum Gasteiger partial charge on any atom is -0.0467 e. The lowest BCUT2D eigenvalue weighted by atomic mass is 10.4. The van der Waals surface area contributed by atoms with Crippen LogP contribution in [0, 0.1) is 0 Å². The monoisotopic (exact) mass is 126 g/mol. The Labute approximate surface area is 59.3 Å². The summed E-state index contributed by atoms with van der Waals surface area (Å²) in [5, 5.41) is 0. The number of allylic oxidation sites excluding steroid dienone is 3. The number of hydrogen-bond donors (Lipinski definition) is 0.